The molecular formula is C26H43NS. The topological polar surface area (TPSA) is 12.0 Å². The van der Waals surface area contributed by atoms with Gasteiger partial charge in [-0.2, -0.15) is 12.6 Å². The quantitative estimate of drug-likeness (QED) is 0.398. The Labute approximate surface area is 181 Å². The highest BCUT2D eigenvalue weighted by Crippen LogP contribution is 2.36. The van der Waals surface area contributed by atoms with Gasteiger partial charge in [-0.1, -0.05) is 94.4 Å². The third-order valence-electron chi connectivity index (χ3n) is 4.17. The van der Waals surface area contributed by atoms with Gasteiger partial charge in [0.15, 0.2) is 0 Å². The van der Waals surface area contributed by atoms with Crippen molar-refractivity contribution in [3.63, 3.8) is 0 Å². The minimum atomic E-state index is 0.546. The summed E-state index contributed by atoms with van der Waals surface area (Å²) in [7, 11) is 0. The molecular weight excluding hydrogens is 358 g/mol. The van der Waals surface area contributed by atoms with Gasteiger partial charge in [0, 0.05) is 5.92 Å². The lowest BCUT2D eigenvalue weighted by atomic mass is 9.76. The lowest BCUT2D eigenvalue weighted by Crippen LogP contribution is -2.31. The zero-order valence-electron chi connectivity index (χ0n) is 19.0. The maximum absolute atomic E-state index is 3.53. The molecule has 0 atom stereocenters. The van der Waals surface area contributed by atoms with E-state index < -0.39 is 0 Å². The van der Waals surface area contributed by atoms with Crippen molar-refractivity contribution >= 4 is 12.6 Å². The number of hydrogen-bond donors (Lipinski definition) is 2. The SMILES string of the molecule is C=CC.CC.CC.CS.c1ccc(C(c2ccccc2)C2CCNCC2)cc1. The molecule has 1 heterocycles. The van der Waals surface area contributed by atoms with Crippen LogP contribution in [0.2, 0.25) is 0 Å². The summed E-state index contributed by atoms with van der Waals surface area (Å²) in [4.78, 5) is 0. The van der Waals surface area contributed by atoms with Crippen LogP contribution >= 0.6 is 12.6 Å². The van der Waals surface area contributed by atoms with Gasteiger partial charge >= 0.3 is 0 Å². The van der Waals surface area contributed by atoms with Gasteiger partial charge in [0.05, 0.1) is 0 Å². The van der Waals surface area contributed by atoms with E-state index in [9.17, 15) is 0 Å². The smallest absolute Gasteiger partial charge is 0.0119 e. The van der Waals surface area contributed by atoms with Crippen LogP contribution in [0, 0.1) is 5.92 Å². The molecule has 0 unspecified atom stereocenters. The van der Waals surface area contributed by atoms with Crippen molar-refractivity contribution in [3.8, 4) is 0 Å². The number of nitrogens with one attached hydrogen (secondary N) is 1. The molecule has 158 valence electrons. The van der Waals surface area contributed by atoms with Crippen LogP contribution in [0.15, 0.2) is 73.3 Å². The number of piperidine rings is 1. The Balaban J connectivity index is 0. The highest BCUT2D eigenvalue weighted by Gasteiger charge is 2.25. The molecule has 1 aliphatic heterocycles. The number of thiol groups is 1. The van der Waals surface area contributed by atoms with Crippen molar-refractivity contribution in [1.29, 1.82) is 0 Å². The van der Waals surface area contributed by atoms with Gasteiger partial charge in [-0.05, 0) is 56.2 Å². The number of hydrogen-bond acceptors (Lipinski definition) is 2. The average Bonchev–Trinajstić information content (AvgIpc) is 2.81. The lowest BCUT2D eigenvalue weighted by molar-refractivity contribution is 0.342. The Hall–Kier alpha value is -1.51. The number of benzene rings is 2. The standard InChI is InChI=1S/C18H21N.C3H6.2C2H6.CH4S/c1-3-7-15(8-4-1)18(16-9-5-2-6-10-16)17-11-13-19-14-12-17;1-3-2;3*1-2/h1-10,17-19H,11-14H2;3H,1H2,2H3;2*1-2H3;2H,1H3. The van der Waals surface area contributed by atoms with E-state index in [0.29, 0.717) is 5.92 Å². The van der Waals surface area contributed by atoms with E-state index >= 15 is 0 Å². The van der Waals surface area contributed by atoms with Gasteiger partial charge in [0.2, 0.25) is 0 Å². The summed E-state index contributed by atoms with van der Waals surface area (Å²) < 4.78 is 0. The first kappa shape index (κ1) is 28.7. The van der Waals surface area contributed by atoms with Crippen LogP contribution in [-0.4, -0.2) is 19.3 Å². The summed E-state index contributed by atoms with van der Waals surface area (Å²) >= 11 is 3.53. The molecule has 1 N–H and O–H groups in total. The normalized spacial score (nSPS) is 12.4. The molecule has 0 bridgehead atoms. The second-order valence-corrected chi connectivity index (χ2v) is 5.79. The first-order chi connectivity index (χ1) is 13.9. The van der Waals surface area contributed by atoms with E-state index in [1.54, 1.807) is 12.3 Å². The highest BCUT2D eigenvalue weighted by atomic mass is 32.1. The summed E-state index contributed by atoms with van der Waals surface area (Å²) in [5.41, 5.74) is 2.92. The maximum atomic E-state index is 3.53. The molecule has 0 spiro atoms. The minimum absolute atomic E-state index is 0.546. The van der Waals surface area contributed by atoms with E-state index in [1.807, 2.05) is 34.6 Å². The van der Waals surface area contributed by atoms with E-state index in [0.717, 1.165) is 19.0 Å². The molecule has 0 amide bonds. The van der Waals surface area contributed by atoms with Gasteiger partial charge in [0.25, 0.3) is 0 Å². The fraction of sp³-hybridized carbons (Fsp3) is 0.462. The van der Waals surface area contributed by atoms with Gasteiger partial charge in [-0.3, -0.25) is 0 Å². The zero-order valence-corrected chi connectivity index (χ0v) is 19.9. The Morgan fingerprint density at radius 1 is 0.821 bits per heavy atom. The summed E-state index contributed by atoms with van der Waals surface area (Å²) in [5.74, 6) is 1.30. The van der Waals surface area contributed by atoms with Crippen LogP contribution < -0.4 is 5.32 Å². The van der Waals surface area contributed by atoms with E-state index in [4.69, 9.17) is 0 Å². The van der Waals surface area contributed by atoms with Crippen LogP contribution in [0.5, 0.6) is 0 Å². The fourth-order valence-corrected chi connectivity index (χ4v) is 3.24. The Bertz CT molecular complexity index is 493. The second kappa shape index (κ2) is 21.8. The molecule has 2 aromatic carbocycles. The molecule has 1 aliphatic rings. The summed E-state index contributed by atoms with van der Waals surface area (Å²) in [6.45, 7) is 15.6. The summed E-state index contributed by atoms with van der Waals surface area (Å²) in [5, 5.41) is 3.47. The molecule has 1 fully saturated rings. The van der Waals surface area contributed by atoms with Crippen molar-refractivity contribution in [1.82, 2.24) is 5.32 Å². The monoisotopic (exact) mass is 401 g/mol. The molecule has 0 radical (unpaired) electrons. The first-order valence-electron chi connectivity index (χ1n) is 10.7. The zero-order chi connectivity index (χ0) is 21.6. The molecule has 1 nitrogen and oxygen atoms in total. The van der Waals surface area contributed by atoms with Crippen LogP contribution in [0.3, 0.4) is 0 Å². The van der Waals surface area contributed by atoms with E-state index in [-0.39, 0.29) is 0 Å². The Morgan fingerprint density at radius 3 is 1.46 bits per heavy atom. The minimum Gasteiger partial charge on any atom is -0.317 e. The average molecular weight is 402 g/mol. The largest absolute Gasteiger partial charge is 0.317 e. The number of rotatable bonds is 3. The fourth-order valence-electron chi connectivity index (χ4n) is 3.24. The van der Waals surface area contributed by atoms with E-state index in [2.05, 4.69) is 85.2 Å². The molecule has 2 aromatic rings. The van der Waals surface area contributed by atoms with Crippen LogP contribution in [0.4, 0.5) is 0 Å². The molecule has 0 saturated carbocycles. The van der Waals surface area contributed by atoms with Crippen LogP contribution in [0.1, 0.15) is 64.5 Å². The maximum Gasteiger partial charge on any atom is 0.0119 e. The number of allylic oxidation sites excluding steroid dienone is 1. The Kier molecular flexibility index (Phi) is 22.3. The second-order valence-electron chi connectivity index (χ2n) is 5.79. The third kappa shape index (κ3) is 11.4. The molecule has 0 aliphatic carbocycles. The first-order valence-corrected chi connectivity index (χ1v) is 11.6. The van der Waals surface area contributed by atoms with Crippen molar-refractivity contribution in [2.45, 2.75) is 53.4 Å². The van der Waals surface area contributed by atoms with Crippen molar-refractivity contribution in [3.05, 3.63) is 84.4 Å². The van der Waals surface area contributed by atoms with Crippen LogP contribution in [0.25, 0.3) is 0 Å². The van der Waals surface area contributed by atoms with Gasteiger partial charge < -0.3 is 5.32 Å². The predicted molar refractivity (Wildman–Crippen MR) is 134 cm³/mol. The van der Waals surface area contributed by atoms with Gasteiger partial charge in [0.1, 0.15) is 0 Å². The van der Waals surface area contributed by atoms with Crippen molar-refractivity contribution in [2.75, 3.05) is 19.3 Å². The Morgan fingerprint density at radius 2 is 1.14 bits per heavy atom. The summed E-state index contributed by atoms with van der Waals surface area (Å²) in [6.07, 6.45) is 5.99. The van der Waals surface area contributed by atoms with Crippen LogP contribution in [-0.2, 0) is 0 Å². The van der Waals surface area contributed by atoms with Crippen molar-refractivity contribution in [2.24, 2.45) is 5.92 Å². The van der Waals surface area contributed by atoms with Crippen molar-refractivity contribution < 1.29 is 0 Å². The molecule has 1 saturated heterocycles. The molecule has 3 rings (SSSR count). The van der Waals surface area contributed by atoms with Gasteiger partial charge in [-0.25, -0.2) is 0 Å². The van der Waals surface area contributed by atoms with E-state index in [1.165, 1.54) is 24.0 Å². The molecule has 28 heavy (non-hydrogen) atoms. The highest BCUT2D eigenvalue weighted by molar-refractivity contribution is 7.79. The lowest BCUT2D eigenvalue weighted by Gasteiger charge is -2.31. The van der Waals surface area contributed by atoms with Gasteiger partial charge in [-0.15, -0.1) is 6.58 Å². The molecule has 0 aromatic heterocycles. The third-order valence-corrected chi connectivity index (χ3v) is 4.17. The molecule has 2 heteroatoms. The summed E-state index contributed by atoms with van der Waals surface area (Å²) in [6, 6.07) is 22.0. The predicted octanol–water partition coefficient (Wildman–Crippen LogP) is 7.61.